The molecule has 1 radical (unpaired) electrons. The second-order valence-electron chi connectivity index (χ2n) is 2.60. The average molecular weight is 127 g/mol. The molecule has 2 nitrogen and oxygen atoms in total. The summed E-state index contributed by atoms with van der Waals surface area (Å²) < 4.78 is 0. The van der Waals surface area contributed by atoms with Gasteiger partial charge in [-0.05, 0) is 19.4 Å². The van der Waals surface area contributed by atoms with Crippen molar-refractivity contribution in [1.29, 1.82) is 0 Å². The third kappa shape index (κ3) is 2.33. The van der Waals surface area contributed by atoms with Crippen LogP contribution in [0.1, 0.15) is 19.3 Å². The van der Waals surface area contributed by atoms with Crippen molar-refractivity contribution in [2.75, 3.05) is 13.1 Å². The molecule has 1 aliphatic heterocycles. The van der Waals surface area contributed by atoms with Gasteiger partial charge in [0, 0.05) is 19.6 Å². The molecule has 1 atom stereocenters. The lowest BCUT2D eigenvalue weighted by atomic mass is 10.1. The molecule has 53 valence electrons. The van der Waals surface area contributed by atoms with Crippen LogP contribution in [0.2, 0.25) is 0 Å². The smallest absolute Gasteiger partial charge is 0.0193 e. The molecule has 1 saturated heterocycles. The van der Waals surface area contributed by atoms with E-state index in [0.717, 1.165) is 6.54 Å². The van der Waals surface area contributed by atoms with E-state index in [9.17, 15) is 0 Å². The fraction of sp³-hybridized carbons (Fsp3) is 0.857. The molecular weight excluding hydrogens is 112 g/mol. The Bertz CT molecular complexity index is 65.3. The minimum Gasteiger partial charge on any atom is -0.315 e. The van der Waals surface area contributed by atoms with Crippen LogP contribution < -0.4 is 10.6 Å². The number of hydrogen-bond donors (Lipinski definition) is 2. The van der Waals surface area contributed by atoms with Crippen molar-refractivity contribution in [3.8, 4) is 0 Å². The first kappa shape index (κ1) is 7.03. The highest BCUT2D eigenvalue weighted by Crippen LogP contribution is 2.02. The van der Waals surface area contributed by atoms with Crippen LogP contribution in [-0.4, -0.2) is 19.1 Å². The molecule has 0 amide bonds. The summed E-state index contributed by atoms with van der Waals surface area (Å²) in [7, 11) is 3.66. The van der Waals surface area contributed by atoms with Gasteiger partial charge in [-0.25, -0.2) is 0 Å². The molecule has 2 heteroatoms. The summed E-state index contributed by atoms with van der Waals surface area (Å²) in [5.74, 6) is 0. The quantitative estimate of drug-likeness (QED) is 0.536. The monoisotopic (exact) mass is 127 g/mol. The van der Waals surface area contributed by atoms with Gasteiger partial charge in [-0.1, -0.05) is 6.42 Å². The molecule has 0 bridgehead atoms. The summed E-state index contributed by atoms with van der Waals surface area (Å²) in [6, 6.07) is 0.604. The molecule has 0 aromatic rings. The lowest BCUT2D eigenvalue weighted by molar-refractivity contribution is 0.532. The zero-order valence-corrected chi connectivity index (χ0v) is 5.82. The zero-order chi connectivity index (χ0) is 6.53. The van der Waals surface area contributed by atoms with Crippen LogP contribution in [0.5, 0.6) is 0 Å². The van der Waals surface area contributed by atoms with Crippen molar-refractivity contribution in [3.63, 3.8) is 0 Å². The Morgan fingerprint density at radius 1 is 1.44 bits per heavy atom. The Labute approximate surface area is 57.0 Å². The van der Waals surface area contributed by atoms with E-state index < -0.39 is 0 Å². The normalized spacial score (nSPS) is 29.7. The highest BCUT2D eigenvalue weighted by atomic mass is 15.0. The molecule has 0 spiro atoms. The van der Waals surface area contributed by atoms with Gasteiger partial charge in [0.15, 0.2) is 0 Å². The van der Waals surface area contributed by atoms with Gasteiger partial charge in [0.1, 0.15) is 0 Å². The molecule has 9 heavy (non-hydrogen) atoms. The van der Waals surface area contributed by atoms with Crippen molar-refractivity contribution in [2.45, 2.75) is 25.3 Å². The van der Waals surface area contributed by atoms with Gasteiger partial charge in [-0.15, -0.1) is 0 Å². The van der Waals surface area contributed by atoms with Crippen molar-refractivity contribution >= 4 is 0 Å². The molecule has 1 fully saturated rings. The van der Waals surface area contributed by atoms with Gasteiger partial charge in [-0.2, -0.15) is 0 Å². The highest BCUT2D eigenvalue weighted by molar-refractivity contribution is 4.72. The fourth-order valence-electron chi connectivity index (χ4n) is 1.19. The fourth-order valence-corrected chi connectivity index (χ4v) is 1.19. The first-order valence-corrected chi connectivity index (χ1v) is 3.67. The van der Waals surface area contributed by atoms with E-state index >= 15 is 0 Å². The molecule has 0 aromatic heterocycles. The maximum Gasteiger partial charge on any atom is 0.0193 e. The van der Waals surface area contributed by atoms with Gasteiger partial charge in [0.25, 0.3) is 0 Å². The first-order valence-electron chi connectivity index (χ1n) is 3.67. The van der Waals surface area contributed by atoms with Crippen molar-refractivity contribution < 1.29 is 0 Å². The topological polar surface area (TPSA) is 24.1 Å². The Morgan fingerprint density at radius 3 is 3.11 bits per heavy atom. The van der Waals surface area contributed by atoms with Crippen LogP contribution in [0.25, 0.3) is 0 Å². The van der Waals surface area contributed by atoms with Crippen LogP contribution >= 0.6 is 0 Å². The third-order valence-electron chi connectivity index (χ3n) is 1.84. The van der Waals surface area contributed by atoms with E-state index in [1.807, 2.05) is 0 Å². The largest absolute Gasteiger partial charge is 0.315 e. The standard InChI is InChI=1S/C7H15N2/c1-8-7-4-2-3-5-9-6-7/h7-9H,1-6H2. The molecule has 0 aliphatic carbocycles. The Morgan fingerprint density at radius 2 is 2.33 bits per heavy atom. The number of rotatable bonds is 1. The number of hydrogen-bond acceptors (Lipinski definition) is 2. The maximum absolute atomic E-state index is 3.66. The molecule has 1 aliphatic rings. The summed E-state index contributed by atoms with van der Waals surface area (Å²) in [6.45, 7) is 2.27. The van der Waals surface area contributed by atoms with Gasteiger partial charge in [0.05, 0.1) is 0 Å². The zero-order valence-electron chi connectivity index (χ0n) is 5.82. The molecule has 0 aromatic carbocycles. The van der Waals surface area contributed by atoms with Gasteiger partial charge in [-0.3, -0.25) is 0 Å². The maximum atomic E-state index is 3.66. The second-order valence-corrected chi connectivity index (χ2v) is 2.60. The van der Waals surface area contributed by atoms with Gasteiger partial charge >= 0.3 is 0 Å². The molecule has 2 N–H and O–H groups in total. The minimum absolute atomic E-state index is 0.604. The molecular formula is C7H15N2. The van der Waals surface area contributed by atoms with E-state index in [2.05, 4.69) is 17.7 Å². The van der Waals surface area contributed by atoms with Crippen LogP contribution in [0.15, 0.2) is 0 Å². The van der Waals surface area contributed by atoms with Crippen molar-refractivity contribution in [2.24, 2.45) is 0 Å². The van der Waals surface area contributed by atoms with Crippen molar-refractivity contribution in [1.82, 2.24) is 10.6 Å². The van der Waals surface area contributed by atoms with E-state index in [4.69, 9.17) is 0 Å². The number of nitrogens with one attached hydrogen (secondary N) is 2. The second kappa shape index (κ2) is 3.85. The lowest BCUT2D eigenvalue weighted by Gasteiger charge is -2.11. The van der Waals surface area contributed by atoms with Gasteiger partial charge in [0.2, 0.25) is 0 Å². The SMILES string of the molecule is [CH2]NC1CCCCNC1. The van der Waals surface area contributed by atoms with E-state index in [1.165, 1.54) is 25.8 Å². The Hall–Kier alpha value is -0.0800. The third-order valence-corrected chi connectivity index (χ3v) is 1.84. The molecule has 1 rings (SSSR count). The van der Waals surface area contributed by atoms with Crippen LogP contribution in [0, 0.1) is 7.05 Å². The summed E-state index contributed by atoms with van der Waals surface area (Å²) in [6.07, 6.45) is 3.93. The Kier molecular flexibility index (Phi) is 3.01. The Balaban J connectivity index is 2.18. The molecule has 1 heterocycles. The predicted molar refractivity (Wildman–Crippen MR) is 39.0 cm³/mol. The summed E-state index contributed by atoms with van der Waals surface area (Å²) in [5, 5.41) is 6.38. The molecule has 0 saturated carbocycles. The average Bonchev–Trinajstić information content (AvgIpc) is 2.13. The van der Waals surface area contributed by atoms with Crippen LogP contribution in [0.3, 0.4) is 0 Å². The molecule has 1 unspecified atom stereocenters. The lowest BCUT2D eigenvalue weighted by Crippen LogP contribution is -2.33. The van der Waals surface area contributed by atoms with Crippen LogP contribution in [-0.2, 0) is 0 Å². The minimum atomic E-state index is 0.604. The van der Waals surface area contributed by atoms with Crippen molar-refractivity contribution in [3.05, 3.63) is 7.05 Å². The van der Waals surface area contributed by atoms with Crippen LogP contribution in [0.4, 0.5) is 0 Å². The first-order chi connectivity index (χ1) is 4.43. The highest BCUT2D eigenvalue weighted by Gasteiger charge is 2.07. The van der Waals surface area contributed by atoms with E-state index in [0.29, 0.717) is 6.04 Å². The summed E-state index contributed by atoms with van der Waals surface area (Å²) >= 11 is 0. The van der Waals surface area contributed by atoms with E-state index in [-0.39, 0.29) is 0 Å². The summed E-state index contributed by atoms with van der Waals surface area (Å²) in [4.78, 5) is 0. The predicted octanol–water partition coefficient (Wildman–Crippen LogP) is 0.510. The van der Waals surface area contributed by atoms with E-state index in [1.54, 1.807) is 0 Å². The van der Waals surface area contributed by atoms with Gasteiger partial charge < -0.3 is 10.6 Å². The summed E-state index contributed by atoms with van der Waals surface area (Å²) in [5.41, 5.74) is 0.